The summed E-state index contributed by atoms with van der Waals surface area (Å²) in [4.78, 5) is 0. The summed E-state index contributed by atoms with van der Waals surface area (Å²) < 4.78 is 34.5. The van der Waals surface area contributed by atoms with Crippen LogP contribution in [0.1, 0.15) is 12.0 Å². The van der Waals surface area contributed by atoms with Gasteiger partial charge in [0.1, 0.15) is 0 Å². The van der Waals surface area contributed by atoms with Crippen LogP contribution in [0.3, 0.4) is 0 Å². The van der Waals surface area contributed by atoms with Gasteiger partial charge in [-0.25, -0.2) is 8.78 Å². The van der Waals surface area contributed by atoms with Crippen molar-refractivity contribution in [3.05, 3.63) is 23.8 Å². The lowest BCUT2D eigenvalue weighted by Crippen LogP contribution is -1.95. The molecule has 0 radical (unpaired) electrons. The summed E-state index contributed by atoms with van der Waals surface area (Å²) in [5.41, 5.74) is -0.151. The van der Waals surface area contributed by atoms with Crippen molar-refractivity contribution >= 4 is 0 Å². The first-order chi connectivity index (χ1) is 6.20. The van der Waals surface area contributed by atoms with Gasteiger partial charge in [0.15, 0.2) is 11.5 Å². The Balaban J connectivity index is 3.19. The van der Waals surface area contributed by atoms with Gasteiger partial charge in [0, 0.05) is 0 Å². The van der Waals surface area contributed by atoms with E-state index in [1.807, 2.05) is 0 Å². The first-order valence-electron chi connectivity index (χ1n) is 3.69. The van der Waals surface area contributed by atoms with Gasteiger partial charge in [-0.15, -0.1) is 0 Å². The minimum atomic E-state index is -2.55. The predicted octanol–water partition coefficient (Wildman–Crippen LogP) is 2.64. The average Bonchev–Trinajstić information content (AvgIpc) is 2.16. The number of hydrogen-bond donors (Lipinski definition) is 0. The summed E-state index contributed by atoms with van der Waals surface area (Å²) in [7, 11) is 2.75. The van der Waals surface area contributed by atoms with Gasteiger partial charge < -0.3 is 9.47 Å². The number of ether oxygens (including phenoxy) is 2. The zero-order valence-corrected chi connectivity index (χ0v) is 7.38. The van der Waals surface area contributed by atoms with Gasteiger partial charge in [-0.2, -0.15) is 0 Å². The molecule has 4 heteroatoms. The predicted molar refractivity (Wildman–Crippen MR) is 44.5 cm³/mol. The Bertz CT molecular complexity index is 287. The summed E-state index contributed by atoms with van der Waals surface area (Å²) in [5, 5.41) is 0. The second-order valence-corrected chi connectivity index (χ2v) is 2.38. The molecule has 13 heavy (non-hydrogen) atoms. The Morgan fingerprint density at radius 2 is 1.85 bits per heavy atom. The fraction of sp³-hybridized carbons (Fsp3) is 0.333. The second-order valence-electron chi connectivity index (χ2n) is 2.38. The van der Waals surface area contributed by atoms with Crippen molar-refractivity contribution in [1.82, 2.24) is 0 Å². The number of alkyl halides is 2. The molecule has 0 aliphatic rings. The van der Waals surface area contributed by atoms with Crippen LogP contribution in [-0.2, 0) is 0 Å². The van der Waals surface area contributed by atoms with Crippen molar-refractivity contribution in [2.75, 3.05) is 14.2 Å². The lowest BCUT2D eigenvalue weighted by atomic mass is 10.2. The zero-order valence-electron chi connectivity index (χ0n) is 7.38. The molecule has 0 aliphatic heterocycles. The van der Waals surface area contributed by atoms with Crippen molar-refractivity contribution in [1.29, 1.82) is 0 Å². The van der Waals surface area contributed by atoms with Crippen LogP contribution in [0.4, 0.5) is 8.78 Å². The van der Waals surface area contributed by atoms with E-state index < -0.39 is 6.43 Å². The van der Waals surface area contributed by atoms with Crippen LogP contribution in [0.2, 0.25) is 0 Å². The average molecular weight is 188 g/mol. The van der Waals surface area contributed by atoms with Gasteiger partial charge in [-0.3, -0.25) is 0 Å². The van der Waals surface area contributed by atoms with Crippen molar-refractivity contribution in [3.63, 3.8) is 0 Å². The molecule has 72 valence electrons. The molecule has 0 amide bonds. The van der Waals surface area contributed by atoms with E-state index >= 15 is 0 Å². The van der Waals surface area contributed by atoms with E-state index in [2.05, 4.69) is 0 Å². The highest BCUT2D eigenvalue weighted by Crippen LogP contribution is 2.36. The van der Waals surface area contributed by atoms with Gasteiger partial charge >= 0.3 is 0 Å². The quantitative estimate of drug-likeness (QED) is 0.725. The molecule has 1 aromatic carbocycles. The first-order valence-corrected chi connectivity index (χ1v) is 3.69. The van der Waals surface area contributed by atoms with E-state index in [1.165, 1.54) is 26.4 Å². The van der Waals surface area contributed by atoms with Gasteiger partial charge in [0.05, 0.1) is 19.8 Å². The van der Waals surface area contributed by atoms with Crippen LogP contribution in [0, 0.1) is 0 Å². The van der Waals surface area contributed by atoms with Gasteiger partial charge in [-0.1, -0.05) is 6.07 Å². The number of para-hydroxylation sites is 1. The zero-order chi connectivity index (χ0) is 9.84. The fourth-order valence-electron chi connectivity index (χ4n) is 1.08. The van der Waals surface area contributed by atoms with Crippen molar-refractivity contribution in [2.24, 2.45) is 0 Å². The van der Waals surface area contributed by atoms with E-state index in [4.69, 9.17) is 9.47 Å². The summed E-state index contributed by atoms with van der Waals surface area (Å²) in [6.45, 7) is 0. The molecule has 1 rings (SSSR count). The summed E-state index contributed by atoms with van der Waals surface area (Å²) in [6.07, 6.45) is -2.55. The monoisotopic (exact) mass is 188 g/mol. The maximum atomic E-state index is 12.4. The first kappa shape index (κ1) is 9.77. The number of methoxy groups -OCH3 is 2. The molecule has 0 saturated heterocycles. The van der Waals surface area contributed by atoms with Gasteiger partial charge in [0.25, 0.3) is 6.43 Å². The molecule has 2 nitrogen and oxygen atoms in total. The molecule has 0 saturated carbocycles. The maximum absolute atomic E-state index is 12.4. The highest BCUT2D eigenvalue weighted by molar-refractivity contribution is 5.47. The van der Waals surface area contributed by atoms with Crippen molar-refractivity contribution in [2.45, 2.75) is 6.43 Å². The Morgan fingerprint density at radius 1 is 1.15 bits per heavy atom. The molecule has 0 atom stereocenters. The van der Waals surface area contributed by atoms with E-state index in [0.29, 0.717) is 5.75 Å². The molecule has 0 spiro atoms. The number of rotatable bonds is 3. The summed E-state index contributed by atoms with van der Waals surface area (Å²) in [6, 6.07) is 4.39. The minimum Gasteiger partial charge on any atom is -0.493 e. The van der Waals surface area contributed by atoms with Gasteiger partial charge in [0.2, 0.25) is 0 Å². The largest absolute Gasteiger partial charge is 0.493 e. The smallest absolute Gasteiger partial charge is 0.267 e. The number of benzene rings is 1. The molecule has 0 aromatic heterocycles. The Morgan fingerprint density at radius 3 is 2.31 bits per heavy atom. The lowest BCUT2D eigenvalue weighted by molar-refractivity contribution is 0.146. The maximum Gasteiger partial charge on any atom is 0.267 e. The minimum absolute atomic E-state index is 0.0972. The van der Waals surface area contributed by atoms with Crippen LogP contribution in [0.15, 0.2) is 18.2 Å². The molecule has 1 aromatic rings. The van der Waals surface area contributed by atoms with E-state index in [-0.39, 0.29) is 11.3 Å². The van der Waals surface area contributed by atoms with E-state index in [9.17, 15) is 8.78 Å². The Labute approximate surface area is 75.1 Å². The van der Waals surface area contributed by atoms with Crippen molar-refractivity contribution in [3.8, 4) is 11.5 Å². The SMILES string of the molecule is COc1cccc(C(F)F)c1OC. The number of halogens is 2. The second kappa shape index (κ2) is 4.07. The Hall–Kier alpha value is -1.32. The van der Waals surface area contributed by atoms with E-state index in [1.54, 1.807) is 6.07 Å². The van der Waals surface area contributed by atoms with Crippen LogP contribution >= 0.6 is 0 Å². The summed E-state index contributed by atoms with van der Waals surface area (Å²) in [5.74, 6) is 0.417. The highest BCUT2D eigenvalue weighted by Gasteiger charge is 2.16. The molecular formula is C9H10F2O2. The van der Waals surface area contributed by atoms with Crippen LogP contribution in [0.25, 0.3) is 0 Å². The molecule has 0 fully saturated rings. The normalized spacial score (nSPS) is 10.2. The fourth-order valence-corrected chi connectivity index (χ4v) is 1.08. The molecule has 0 N–H and O–H groups in total. The number of hydrogen-bond acceptors (Lipinski definition) is 2. The molecule has 0 aliphatic carbocycles. The molecule has 0 heterocycles. The molecule has 0 bridgehead atoms. The topological polar surface area (TPSA) is 18.5 Å². The molecule has 0 unspecified atom stereocenters. The standard InChI is InChI=1S/C9H10F2O2/c1-12-7-5-3-4-6(9(10)11)8(7)13-2/h3-5,9H,1-2H3. The third-order valence-electron chi connectivity index (χ3n) is 1.67. The highest BCUT2D eigenvalue weighted by atomic mass is 19.3. The van der Waals surface area contributed by atoms with Crippen LogP contribution in [0.5, 0.6) is 11.5 Å². The van der Waals surface area contributed by atoms with E-state index in [0.717, 1.165) is 0 Å². The lowest BCUT2D eigenvalue weighted by Gasteiger charge is -2.11. The third kappa shape index (κ3) is 1.88. The van der Waals surface area contributed by atoms with Crippen molar-refractivity contribution < 1.29 is 18.3 Å². The summed E-state index contributed by atoms with van der Waals surface area (Å²) >= 11 is 0. The Kier molecular flexibility index (Phi) is 3.06. The third-order valence-corrected chi connectivity index (χ3v) is 1.67. The molecular weight excluding hydrogens is 178 g/mol. The van der Waals surface area contributed by atoms with Crippen LogP contribution in [-0.4, -0.2) is 14.2 Å². The van der Waals surface area contributed by atoms with Crippen LogP contribution < -0.4 is 9.47 Å². The van der Waals surface area contributed by atoms with Gasteiger partial charge in [-0.05, 0) is 12.1 Å².